The molecule has 0 saturated carbocycles. The van der Waals surface area contributed by atoms with Gasteiger partial charge in [-0.3, -0.25) is 9.59 Å². The molecule has 1 aliphatic rings. The summed E-state index contributed by atoms with van der Waals surface area (Å²) in [7, 11) is 1.62. The molecule has 0 aliphatic carbocycles. The molecular formula is C26H25ClN2O3. The van der Waals surface area contributed by atoms with E-state index in [4.69, 9.17) is 16.3 Å². The highest BCUT2D eigenvalue weighted by molar-refractivity contribution is 6.31. The third kappa shape index (κ3) is 4.63. The zero-order chi connectivity index (χ0) is 22.7. The maximum absolute atomic E-state index is 13.1. The van der Waals surface area contributed by atoms with Crippen LogP contribution < -0.4 is 15.0 Å². The van der Waals surface area contributed by atoms with Crippen LogP contribution in [0.25, 0.3) is 0 Å². The van der Waals surface area contributed by atoms with Crippen LogP contribution in [-0.2, 0) is 6.42 Å². The highest BCUT2D eigenvalue weighted by Crippen LogP contribution is 2.30. The van der Waals surface area contributed by atoms with E-state index in [9.17, 15) is 9.59 Å². The Hall–Kier alpha value is -3.31. The number of nitrogens with zero attached hydrogens (tertiary/aromatic N) is 1. The number of carbonyl (C=O) groups excluding carboxylic acids is 2. The van der Waals surface area contributed by atoms with Gasteiger partial charge in [0.15, 0.2) is 0 Å². The third-order valence-corrected chi connectivity index (χ3v) is 5.98. The van der Waals surface area contributed by atoms with Crippen LogP contribution in [0.3, 0.4) is 0 Å². The van der Waals surface area contributed by atoms with Gasteiger partial charge in [-0.15, -0.1) is 0 Å². The fourth-order valence-electron chi connectivity index (χ4n) is 3.98. The second-order valence-corrected chi connectivity index (χ2v) is 8.32. The number of hydrogen-bond donors (Lipinski definition) is 1. The number of anilines is 1. The van der Waals surface area contributed by atoms with Crippen molar-refractivity contribution in [3.63, 3.8) is 0 Å². The van der Waals surface area contributed by atoms with Gasteiger partial charge < -0.3 is 15.0 Å². The quantitative estimate of drug-likeness (QED) is 0.566. The molecule has 6 heteroatoms. The number of methoxy groups -OCH3 is 1. The van der Waals surface area contributed by atoms with Crippen molar-refractivity contribution in [2.24, 2.45) is 0 Å². The Morgan fingerprint density at radius 3 is 2.53 bits per heavy atom. The first-order chi connectivity index (χ1) is 15.5. The molecule has 0 bridgehead atoms. The van der Waals surface area contributed by atoms with Gasteiger partial charge in [-0.05, 0) is 79.4 Å². The minimum atomic E-state index is -0.148. The first-order valence-electron chi connectivity index (χ1n) is 10.6. The predicted octanol–water partition coefficient (Wildman–Crippen LogP) is 5.43. The molecule has 4 rings (SSSR count). The van der Waals surface area contributed by atoms with E-state index in [2.05, 4.69) is 5.32 Å². The topological polar surface area (TPSA) is 58.6 Å². The lowest BCUT2D eigenvalue weighted by atomic mass is 9.97. The van der Waals surface area contributed by atoms with Crippen LogP contribution in [0.15, 0.2) is 66.7 Å². The summed E-state index contributed by atoms with van der Waals surface area (Å²) in [5, 5.41) is 3.58. The van der Waals surface area contributed by atoms with Crippen molar-refractivity contribution in [1.82, 2.24) is 5.32 Å². The normalized spacial score (nSPS) is 13.8. The number of rotatable bonds is 5. The van der Waals surface area contributed by atoms with E-state index in [1.54, 1.807) is 42.3 Å². The smallest absolute Gasteiger partial charge is 0.258 e. The number of aryl methyl sites for hydroxylation is 1. The Balaban J connectivity index is 1.51. The van der Waals surface area contributed by atoms with Crippen LogP contribution in [0.2, 0.25) is 5.02 Å². The van der Waals surface area contributed by atoms with Crippen molar-refractivity contribution in [1.29, 1.82) is 0 Å². The van der Waals surface area contributed by atoms with E-state index in [-0.39, 0.29) is 17.9 Å². The number of nitrogens with one attached hydrogen (secondary N) is 1. The standard InChI is InChI=1S/C26H25ClN2O3/c1-17(18-8-11-23(32-2)12-9-18)28-25(30)20-10-13-24-19(15-20)6-4-14-29(24)26(31)21-5-3-7-22(27)16-21/h3,5,7-13,15-17H,4,6,14H2,1-2H3,(H,28,30)/t17-/m1/s1. The summed E-state index contributed by atoms with van der Waals surface area (Å²) < 4.78 is 5.19. The second kappa shape index (κ2) is 9.45. The highest BCUT2D eigenvalue weighted by Gasteiger charge is 2.25. The fourth-order valence-corrected chi connectivity index (χ4v) is 4.17. The lowest BCUT2D eigenvalue weighted by molar-refractivity contribution is 0.0939. The molecule has 0 fully saturated rings. The maximum atomic E-state index is 13.1. The lowest BCUT2D eigenvalue weighted by Crippen LogP contribution is -2.35. The first-order valence-corrected chi connectivity index (χ1v) is 11.0. The Bertz CT molecular complexity index is 1140. The molecule has 1 heterocycles. The Morgan fingerprint density at radius 2 is 1.81 bits per heavy atom. The summed E-state index contributed by atoms with van der Waals surface area (Å²) in [5.41, 5.74) is 3.98. The van der Waals surface area contributed by atoms with E-state index in [1.165, 1.54) is 0 Å². The molecular weight excluding hydrogens is 424 g/mol. The Labute approximate surface area is 193 Å². The Morgan fingerprint density at radius 1 is 1.03 bits per heavy atom. The van der Waals surface area contributed by atoms with Crippen LogP contribution in [0.4, 0.5) is 5.69 Å². The SMILES string of the molecule is COc1ccc([C@@H](C)NC(=O)c2ccc3c(c2)CCCN3C(=O)c2cccc(Cl)c2)cc1. The Kier molecular flexibility index (Phi) is 6.47. The van der Waals surface area contributed by atoms with Crippen LogP contribution in [0, 0.1) is 0 Å². The van der Waals surface area contributed by atoms with Gasteiger partial charge >= 0.3 is 0 Å². The van der Waals surface area contributed by atoms with Crippen LogP contribution in [0.5, 0.6) is 5.75 Å². The zero-order valence-corrected chi connectivity index (χ0v) is 18.9. The van der Waals surface area contributed by atoms with Gasteiger partial charge in [-0.25, -0.2) is 0 Å². The number of carbonyl (C=O) groups is 2. The molecule has 1 N–H and O–H groups in total. The molecule has 0 spiro atoms. The molecule has 5 nitrogen and oxygen atoms in total. The third-order valence-electron chi connectivity index (χ3n) is 5.74. The van der Waals surface area contributed by atoms with E-state index in [1.807, 2.05) is 43.3 Å². The molecule has 1 aliphatic heterocycles. The van der Waals surface area contributed by atoms with E-state index < -0.39 is 0 Å². The molecule has 0 radical (unpaired) electrons. The van der Waals surface area contributed by atoms with Gasteiger partial charge in [0, 0.05) is 28.4 Å². The summed E-state index contributed by atoms with van der Waals surface area (Å²) in [6.45, 7) is 2.59. The van der Waals surface area contributed by atoms with Gasteiger partial charge in [0.25, 0.3) is 11.8 Å². The van der Waals surface area contributed by atoms with Gasteiger partial charge in [-0.1, -0.05) is 29.8 Å². The fraction of sp³-hybridized carbons (Fsp3) is 0.231. The summed E-state index contributed by atoms with van der Waals surface area (Å²) in [6, 6.07) is 20.0. The number of benzene rings is 3. The summed E-state index contributed by atoms with van der Waals surface area (Å²) in [6.07, 6.45) is 1.66. The number of ether oxygens (including phenoxy) is 1. The van der Waals surface area contributed by atoms with Gasteiger partial charge in [0.05, 0.1) is 13.2 Å². The minimum Gasteiger partial charge on any atom is -0.497 e. The monoisotopic (exact) mass is 448 g/mol. The van der Waals surface area contributed by atoms with Gasteiger partial charge in [0.2, 0.25) is 0 Å². The molecule has 164 valence electrons. The molecule has 0 unspecified atom stereocenters. The minimum absolute atomic E-state index is 0.0845. The van der Waals surface area contributed by atoms with Gasteiger partial charge in [0.1, 0.15) is 5.75 Å². The lowest BCUT2D eigenvalue weighted by Gasteiger charge is -2.30. The van der Waals surface area contributed by atoms with Crippen molar-refractivity contribution < 1.29 is 14.3 Å². The molecule has 1 atom stereocenters. The predicted molar refractivity (Wildman–Crippen MR) is 127 cm³/mol. The molecule has 3 aromatic carbocycles. The molecule has 2 amide bonds. The van der Waals surface area contributed by atoms with Crippen molar-refractivity contribution in [2.45, 2.75) is 25.8 Å². The summed E-state index contributed by atoms with van der Waals surface area (Å²) in [4.78, 5) is 27.7. The maximum Gasteiger partial charge on any atom is 0.258 e. The molecule has 32 heavy (non-hydrogen) atoms. The molecule has 0 aromatic heterocycles. The summed E-state index contributed by atoms with van der Waals surface area (Å²) >= 11 is 6.06. The average Bonchev–Trinajstić information content (AvgIpc) is 2.82. The number of hydrogen-bond acceptors (Lipinski definition) is 3. The van der Waals surface area contributed by atoms with E-state index >= 15 is 0 Å². The van der Waals surface area contributed by atoms with Gasteiger partial charge in [-0.2, -0.15) is 0 Å². The number of halogens is 1. The average molecular weight is 449 g/mol. The largest absolute Gasteiger partial charge is 0.497 e. The second-order valence-electron chi connectivity index (χ2n) is 7.88. The number of fused-ring (bicyclic) bond motifs is 1. The highest BCUT2D eigenvalue weighted by atomic mass is 35.5. The van der Waals surface area contributed by atoms with E-state index in [0.717, 1.165) is 35.4 Å². The number of amides is 2. The zero-order valence-electron chi connectivity index (χ0n) is 18.1. The van der Waals surface area contributed by atoms with Crippen LogP contribution in [-0.4, -0.2) is 25.5 Å². The first kappa shape index (κ1) is 21.9. The van der Waals surface area contributed by atoms with Crippen LogP contribution in [0.1, 0.15) is 51.2 Å². The van der Waals surface area contributed by atoms with Crippen molar-refractivity contribution in [3.8, 4) is 5.75 Å². The van der Waals surface area contributed by atoms with Crippen molar-refractivity contribution in [2.75, 3.05) is 18.6 Å². The summed E-state index contributed by atoms with van der Waals surface area (Å²) in [5.74, 6) is 0.548. The molecule has 3 aromatic rings. The van der Waals surface area contributed by atoms with Crippen LogP contribution >= 0.6 is 11.6 Å². The van der Waals surface area contributed by atoms with E-state index in [0.29, 0.717) is 22.7 Å². The molecule has 0 saturated heterocycles. The van der Waals surface area contributed by atoms with Crippen molar-refractivity contribution >= 4 is 29.1 Å². The van der Waals surface area contributed by atoms with Crippen molar-refractivity contribution in [3.05, 3.63) is 94.0 Å².